The lowest BCUT2D eigenvalue weighted by Crippen LogP contribution is -2.29. The minimum Gasteiger partial charge on any atom is -0.311 e. The molecule has 0 radical (unpaired) electrons. The van der Waals surface area contributed by atoms with Crippen LogP contribution in [0.1, 0.15) is 16.7 Å². The summed E-state index contributed by atoms with van der Waals surface area (Å²) < 4.78 is 0. The van der Waals surface area contributed by atoms with E-state index in [1.807, 2.05) is 62.4 Å². The van der Waals surface area contributed by atoms with Gasteiger partial charge in [-0.1, -0.05) is 35.4 Å². The number of nitrogens with zero attached hydrogens (tertiary/aromatic N) is 4. The molecule has 35 heavy (non-hydrogen) atoms. The normalized spacial score (nSPS) is 18.5. The van der Waals surface area contributed by atoms with E-state index in [1.165, 1.54) is 28.0 Å². The van der Waals surface area contributed by atoms with Gasteiger partial charge < -0.3 is 4.90 Å². The van der Waals surface area contributed by atoms with E-state index in [2.05, 4.69) is 0 Å². The molecule has 0 N–H and O–H groups in total. The largest absolute Gasteiger partial charge is 0.311 e. The maximum atomic E-state index is 13.8. The van der Waals surface area contributed by atoms with Crippen LogP contribution >= 0.6 is 11.8 Å². The van der Waals surface area contributed by atoms with Crippen LogP contribution in [0.5, 0.6) is 0 Å². The number of nitro benzene ring substituents is 1. The third-order valence-corrected chi connectivity index (χ3v) is 6.94. The smallest absolute Gasteiger partial charge is 0.272 e. The second kappa shape index (κ2) is 8.52. The molecule has 0 bridgehead atoms. The van der Waals surface area contributed by atoms with Gasteiger partial charge >= 0.3 is 0 Å². The minimum absolute atomic E-state index is 0.146. The number of carbonyl (C=O) groups is 2. The van der Waals surface area contributed by atoms with Crippen molar-refractivity contribution >= 4 is 57.1 Å². The number of aliphatic imine (C=N–C) groups is 1. The van der Waals surface area contributed by atoms with Gasteiger partial charge in [0.2, 0.25) is 0 Å². The maximum absolute atomic E-state index is 13.8. The molecule has 0 unspecified atom stereocenters. The molecule has 0 spiro atoms. The molecule has 0 saturated carbocycles. The number of aryl methyl sites for hydroxylation is 2. The number of hydrogen-bond donors (Lipinski definition) is 0. The molecule has 3 aromatic rings. The fraction of sp³-hybridized carbons (Fsp3) is 0.115. The SMILES string of the molecule is Cc1ccc(N=C2SC(=C3C(=O)N(C)c4ccc([N+](=O)[O-])cc43)C(=O)N2c2ccc(C)cc2)cc1. The highest BCUT2D eigenvalue weighted by Gasteiger charge is 2.43. The number of amides is 2. The Labute approximate surface area is 205 Å². The number of amidine groups is 1. The second-order valence-corrected chi connectivity index (χ2v) is 9.31. The number of carbonyl (C=O) groups excluding carboxylic acids is 2. The molecule has 1 saturated heterocycles. The molecule has 9 heteroatoms. The molecule has 174 valence electrons. The van der Waals surface area contributed by atoms with Gasteiger partial charge in [-0.05, 0) is 55.9 Å². The van der Waals surface area contributed by atoms with Gasteiger partial charge in [-0.3, -0.25) is 24.6 Å². The zero-order valence-corrected chi connectivity index (χ0v) is 20.0. The van der Waals surface area contributed by atoms with Crippen LogP contribution in [-0.2, 0) is 9.59 Å². The lowest BCUT2D eigenvalue weighted by molar-refractivity contribution is -0.384. The van der Waals surface area contributed by atoms with Crippen molar-refractivity contribution in [3.05, 3.63) is 98.4 Å². The third-order valence-electron chi connectivity index (χ3n) is 5.90. The fourth-order valence-corrected chi connectivity index (χ4v) is 5.08. The minimum atomic E-state index is -0.516. The summed E-state index contributed by atoms with van der Waals surface area (Å²) in [4.78, 5) is 45.7. The van der Waals surface area contributed by atoms with E-state index in [0.29, 0.717) is 27.8 Å². The van der Waals surface area contributed by atoms with E-state index in [9.17, 15) is 19.7 Å². The molecule has 3 aromatic carbocycles. The molecule has 2 heterocycles. The fourth-order valence-electron chi connectivity index (χ4n) is 3.99. The first-order chi connectivity index (χ1) is 16.7. The molecule has 2 aliphatic rings. The van der Waals surface area contributed by atoms with Crippen LogP contribution in [-0.4, -0.2) is 29.0 Å². The predicted octanol–water partition coefficient (Wildman–Crippen LogP) is 5.37. The highest BCUT2D eigenvalue weighted by Crippen LogP contribution is 2.46. The Morgan fingerprint density at radius 2 is 1.51 bits per heavy atom. The van der Waals surface area contributed by atoms with E-state index >= 15 is 0 Å². The third kappa shape index (κ3) is 3.89. The van der Waals surface area contributed by atoms with E-state index in [4.69, 9.17) is 4.99 Å². The van der Waals surface area contributed by atoms with Crippen LogP contribution < -0.4 is 9.80 Å². The molecule has 8 nitrogen and oxygen atoms in total. The average Bonchev–Trinajstić information content (AvgIpc) is 3.28. The van der Waals surface area contributed by atoms with Gasteiger partial charge in [-0.2, -0.15) is 0 Å². The van der Waals surface area contributed by atoms with Gasteiger partial charge in [0.05, 0.1) is 32.5 Å². The number of rotatable bonds is 3. The van der Waals surface area contributed by atoms with Crippen molar-refractivity contribution in [2.24, 2.45) is 4.99 Å². The number of hydrogen-bond acceptors (Lipinski definition) is 6. The van der Waals surface area contributed by atoms with Crippen LogP contribution in [0.15, 0.2) is 76.6 Å². The van der Waals surface area contributed by atoms with E-state index in [1.54, 1.807) is 7.05 Å². The highest BCUT2D eigenvalue weighted by atomic mass is 32.2. The first-order valence-electron chi connectivity index (χ1n) is 10.8. The Morgan fingerprint density at radius 1 is 0.886 bits per heavy atom. The molecule has 0 aromatic heterocycles. The first-order valence-corrected chi connectivity index (χ1v) is 11.6. The van der Waals surface area contributed by atoms with E-state index in [-0.39, 0.29) is 16.2 Å². The van der Waals surface area contributed by atoms with Gasteiger partial charge in [0.1, 0.15) is 0 Å². The van der Waals surface area contributed by atoms with Crippen molar-refractivity contribution in [2.45, 2.75) is 13.8 Å². The molecule has 1 fully saturated rings. The zero-order valence-electron chi connectivity index (χ0n) is 19.2. The molecule has 2 amide bonds. The predicted molar refractivity (Wildman–Crippen MR) is 138 cm³/mol. The Bertz CT molecular complexity index is 1460. The summed E-state index contributed by atoms with van der Waals surface area (Å²) in [6, 6.07) is 19.3. The number of fused-ring (bicyclic) bond motifs is 1. The number of likely N-dealkylation sites (N-methyl/N-ethyl adjacent to an activating group) is 1. The average molecular weight is 485 g/mol. The number of nitro groups is 1. The molecular formula is C26H20N4O4S. The van der Waals surface area contributed by atoms with Crippen LogP contribution in [0.25, 0.3) is 5.57 Å². The van der Waals surface area contributed by atoms with E-state index in [0.717, 1.165) is 22.9 Å². The number of anilines is 2. The maximum Gasteiger partial charge on any atom is 0.272 e. The molecule has 0 atom stereocenters. The summed E-state index contributed by atoms with van der Waals surface area (Å²) in [7, 11) is 1.59. The quantitative estimate of drug-likeness (QED) is 0.283. The first kappa shape index (κ1) is 22.5. The summed E-state index contributed by atoms with van der Waals surface area (Å²) >= 11 is 1.09. The molecule has 2 aliphatic heterocycles. The Balaban J connectivity index is 1.70. The van der Waals surface area contributed by atoms with Crippen molar-refractivity contribution in [1.82, 2.24) is 0 Å². The van der Waals surface area contributed by atoms with Crippen LogP contribution in [0.4, 0.5) is 22.7 Å². The number of benzene rings is 3. The van der Waals surface area contributed by atoms with Gasteiger partial charge in [0.25, 0.3) is 17.5 Å². The second-order valence-electron chi connectivity index (χ2n) is 8.33. The van der Waals surface area contributed by atoms with Crippen LogP contribution in [0.2, 0.25) is 0 Å². The number of non-ortho nitro benzene ring substituents is 1. The monoisotopic (exact) mass is 484 g/mol. The van der Waals surface area contributed by atoms with Gasteiger partial charge in [0, 0.05) is 24.7 Å². The molecule has 5 rings (SSSR count). The summed E-state index contributed by atoms with van der Waals surface area (Å²) in [6.07, 6.45) is 0. The summed E-state index contributed by atoms with van der Waals surface area (Å²) in [5, 5.41) is 11.8. The van der Waals surface area contributed by atoms with Gasteiger partial charge in [-0.15, -0.1) is 0 Å². The Hall–Kier alpha value is -4.24. The topological polar surface area (TPSA) is 96.1 Å². The Morgan fingerprint density at radius 3 is 2.14 bits per heavy atom. The van der Waals surface area contributed by atoms with E-state index < -0.39 is 16.7 Å². The standard InChI is InChI=1S/C26H20N4O4S/c1-15-4-8-17(9-5-15)27-26-29(18-10-6-16(2)7-11-18)25(32)23(35-26)22-20-14-19(30(33)34)12-13-21(20)28(3)24(22)31/h4-14H,1-3H3. The van der Waals surface area contributed by atoms with Crippen molar-refractivity contribution in [3.8, 4) is 0 Å². The highest BCUT2D eigenvalue weighted by molar-refractivity contribution is 8.19. The van der Waals surface area contributed by atoms with Gasteiger partial charge in [0.15, 0.2) is 5.17 Å². The van der Waals surface area contributed by atoms with Crippen molar-refractivity contribution < 1.29 is 14.5 Å². The molecule has 0 aliphatic carbocycles. The summed E-state index contributed by atoms with van der Waals surface area (Å²) in [6.45, 7) is 3.93. The van der Waals surface area contributed by atoms with Gasteiger partial charge in [-0.25, -0.2) is 4.99 Å². The Kier molecular flexibility index (Phi) is 5.49. The zero-order chi connectivity index (χ0) is 24.9. The van der Waals surface area contributed by atoms with Crippen LogP contribution in [0, 0.1) is 24.0 Å². The summed E-state index contributed by atoms with van der Waals surface area (Å²) in [5.41, 5.74) is 4.28. The van der Waals surface area contributed by atoms with Crippen LogP contribution in [0.3, 0.4) is 0 Å². The lowest BCUT2D eigenvalue weighted by Gasteiger charge is -2.16. The van der Waals surface area contributed by atoms with Crippen molar-refractivity contribution in [2.75, 3.05) is 16.8 Å². The number of thioether (sulfide) groups is 1. The van der Waals surface area contributed by atoms with Crippen molar-refractivity contribution in [1.29, 1.82) is 0 Å². The lowest BCUT2D eigenvalue weighted by atomic mass is 10.1. The van der Waals surface area contributed by atoms with Crippen molar-refractivity contribution in [3.63, 3.8) is 0 Å². The summed E-state index contributed by atoms with van der Waals surface area (Å²) in [5.74, 6) is -0.794. The molecular weight excluding hydrogens is 464 g/mol.